The van der Waals surface area contributed by atoms with Gasteiger partial charge in [-0.05, 0) is 40.5 Å². The van der Waals surface area contributed by atoms with Crippen molar-refractivity contribution < 1.29 is 4.79 Å². The standard InChI is InChI=1S/C14H14BrN3O2/c15-12-6-2-1-5-11(12)14(20)16-8-4-10-18-13(19)7-3-9-17-18/h1-3,5-7,9H,4,8,10H2,(H,16,20). The molecule has 0 saturated heterocycles. The molecule has 2 rings (SSSR count). The molecule has 0 unspecified atom stereocenters. The van der Waals surface area contributed by atoms with Crippen LogP contribution < -0.4 is 10.9 Å². The van der Waals surface area contributed by atoms with Crippen molar-refractivity contribution in [2.24, 2.45) is 0 Å². The van der Waals surface area contributed by atoms with Gasteiger partial charge in [-0.15, -0.1) is 0 Å². The highest BCUT2D eigenvalue weighted by Gasteiger charge is 2.07. The first-order chi connectivity index (χ1) is 9.68. The molecule has 1 amide bonds. The number of benzene rings is 1. The summed E-state index contributed by atoms with van der Waals surface area (Å²) < 4.78 is 2.14. The fourth-order valence-electron chi connectivity index (χ4n) is 1.73. The Kier molecular flexibility index (Phi) is 5.06. The Morgan fingerprint density at radius 3 is 2.80 bits per heavy atom. The summed E-state index contributed by atoms with van der Waals surface area (Å²) in [6.07, 6.45) is 2.22. The quantitative estimate of drug-likeness (QED) is 0.848. The van der Waals surface area contributed by atoms with Crippen LogP contribution in [0.4, 0.5) is 0 Å². The number of rotatable bonds is 5. The molecule has 5 nitrogen and oxygen atoms in total. The topological polar surface area (TPSA) is 64.0 Å². The third-order valence-electron chi connectivity index (χ3n) is 2.74. The third kappa shape index (κ3) is 3.77. The van der Waals surface area contributed by atoms with Gasteiger partial charge < -0.3 is 5.32 Å². The summed E-state index contributed by atoms with van der Waals surface area (Å²) in [4.78, 5) is 23.3. The van der Waals surface area contributed by atoms with E-state index in [1.165, 1.54) is 10.7 Å². The molecule has 2 aromatic rings. The minimum absolute atomic E-state index is 0.133. The van der Waals surface area contributed by atoms with E-state index in [0.717, 1.165) is 4.47 Å². The first-order valence-electron chi connectivity index (χ1n) is 6.23. The molecule has 6 heteroatoms. The van der Waals surface area contributed by atoms with Gasteiger partial charge in [-0.3, -0.25) is 9.59 Å². The molecule has 1 heterocycles. The van der Waals surface area contributed by atoms with Gasteiger partial charge in [0.2, 0.25) is 0 Å². The molecule has 1 aromatic carbocycles. The number of carbonyl (C=O) groups excluding carboxylic acids is 1. The van der Waals surface area contributed by atoms with Gasteiger partial charge in [0, 0.05) is 29.8 Å². The maximum Gasteiger partial charge on any atom is 0.266 e. The van der Waals surface area contributed by atoms with Gasteiger partial charge in [-0.25, -0.2) is 4.68 Å². The zero-order chi connectivity index (χ0) is 14.4. The number of hydrogen-bond acceptors (Lipinski definition) is 3. The van der Waals surface area contributed by atoms with Crippen molar-refractivity contribution in [3.05, 3.63) is 63.0 Å². The second kappa shape index (κ2) is 7.00. The number of aromatic nitrogens is 2. The Morgan fingerprint density at radius 1 is 1.25 bits per heavy atom. The number of aryl methyl sites for hydroxylation is 1. The van der Waals surface area contributed by atoms with Crippen molar-refractivity contribution in [3.8, 4) is 0 Å². The van der Waals surface area contributed by atoms with E-state index in [2.05, 4.69) is 26.3 Å². The molecule has 0 fully saturated rings. The normalized spacial score (nSPS) is 10.2. The van der Waals surface area contributed by atoms with E-state index in [4.69, 9.17) is 0 Å². The molecule has 0 saturated carbocycles. The number of nitrogens with zero attached hydrogens (tertiary/aromatic N) is 2. The molecule has 1 N–H and O–H groups in total. The van der Waals surface area contributed by atoms with Crippen LogP contribution in [0.2, 0.25) is 0 Å². The van der Waals surface area contributed by atoms with Crippen LogP contribution >= 0.6 is 15.9 Å². The summed E-state index contributed by atoms with van der Waals surface area (Å²) in [6, 6.07) is 10.3. The van der Waals surface area contributed by atoms with Gasteiger partial charge >= 0.3 is 0 Å². The second-order valence-electron chi connectivity index (χ2n) is 4.17. The van der Waals surface area contributed by atoms with Gasteiger partial charge in [-0.2, -0.15) is 5.10 Å². The van der Waals surface area contributed by atoms with Crippen molar-refractivity contribution in [2.75, 3.05) is 6.54 Å². The summed E-state index contributed by atoms with van der Waals surface area (Å²) >= 11 is 3.34. The molecule has 104 valence electrons. The highest BCUT2D eigenvalue weighted by atomic mass is 79.9. The minimum atomic E-state index is -0.135. The van der Waals surface area contributed by atoms with E-state index >= 15 is 0 Å². The smallest absolute Gasteiger partial charge is 0.266 e. The van der Waals surface area contributed by atoms with Gasteiger partial charge in [0.1, 0.15) is 0 Å². The van der Waals surface area contributed by atoms with Crippen molar-refractivity contribution in [1.29, 1.82) is 0 Å². The average molecular weight is 336 g/mol. The molecule has 0 aliphatic rings. The summed E-state index contributed by atoms with van der Waals surface area (Å²) in [5.41, 5.74) is 0.465. The molecule has 1 aromatic heterocycles. The van der Waals surface area contributed by atoms with Crippen LogP contribution in [0, 0.1) is 0 Å². The molecular formula is C14H14BrN3O2. The minimum Gasteiger partial charge on any atom is -0.352 e. The van der Waals surface area contributed by atoms with Crippen molar-refractivity contribution in [1.82, 2.24) is 15.1 Å². The number of nitrogens with one attached hydrogen (secondary N) is 1. The van der Waals surface area contributed by atoms with Crippen LogP contribution in [0.3, 0.4) is 0 Å². The molecule has 0 bridgehead atoms. The van der Waals surface area contributed by atoms with E-state index in [-0.39, 0.29) is 11.5 Å². The van der Waals surface area contributed by atoms with Crippen molar-refractivity contribution in [2.45, 2.75) is 13.0 Å². The average Bonchev–Trinajstić information content (AvgIpc) is 2.45. The summed E-state index contributed by atoms with van der Waals surface area (Å²) in [7, 11) is 0. The Balaban J connectivity index is 1.82. The van der Waals surface area contributed by atoms with E-state index in [1.807, 2.05) is 18.2 Å². The predicted octanol–water partition coefficient (Wildman–Crippen LogP) is 1.83. The predicted molar refractivity (Wildman–Crippen MR) is 79.6 cm³/mol. The Hall–Kier alpha value is -1.95. The lowest BCUT2D eigenvalue weighted by atomic mass is 10.2. The maximum atomic E-state index is 11.9. The first-order valence-corrected chi connectivity index (χ1v) is 7.02. The van der Waals surface area contributed by atoms with E-state index < -0.39 is 0 Å². The van der Waals surface area contributed by atoms with Gasteiger partial charge in [0.15, 0.2) is 0 Å². The number of halogens is 1. The SMILES string of the molecule is O=C(NCCCn1ncccc1=O)c1ccccc1Br. The Morgan fingerprint density at radius 2 is 2.05 bits per heavy atom. The highest BCUT2D eigenvalue weighted by molar-refractivity contribution is 9.10. The molecular weight excluding hydrogens is 322 g/mol. The molecule has 20 heavy (non-hydrogen) atoms. The zero-order valence-electron chi connectivity index (χ0n) is 10.8. The van der Waals surface area contributed by atoms with Crippen LogP contribution in [-0.2, 0) is 6.54 Å². The number of carbonyl (C=O) groups is 1. The second-order valence-corrected chi connectivity index (χ2v) is 5.03. The van der Waals surface area contributed by atoms with E-state index in [9.17, 15) is 9.59 Å². The van der Waals surface area contributed by atoms with Crippen LogP contribution in [-0.4, -0.2) is 22.2 Å². The highest BCUT2D eigenvalue weighted by Crippen LogP contribution is 2.15. The van der Waals surface area contributed by atoms with Crippen LogP contribution in [0.5, 0.6) is 0 Å². The van der Waals surface area contributed by atoms with Crippen molar-refractivity contribution in [3.63, 3.8) is 0 Å². The Labute approximate surface area is 124 Å². The number of hydrogen-bond donors (Lipinski definition) is 1. The Bertz CT molecular complexity index is 655. The first kappa shape index (κ1) is 14.5. The number of amides is 1. The molecule has 0 atom stereocenters. The summed E-state index contributed by atoms with van der Waals surface area (Å²) in [5.74, 6) is -0.133. The van der Waals surface area contributed by atoms with Crippen molar-refractivity contribution >= 4 is 21.8 Å². The maximum absolute atomic E-state index is 11.9. The summed E-state index contributed by atoms with van der Waals surface area (Å²) in [6.45, 7) is 0.971. The lowest BCUT2D eigenvalue weighted by Gasteiger charge is -2.07. The van der Waals surface area contributed by atoms with E-state index in [1.54, 1.807) is 18.3 Å². The molecule has 0 aliphatic heterocycles. The fraction of sp³-hybridized carbons (Fsp3) is 0.214. The third-order valence-corrected chi connectivity index (χ3v) is 3.43. The van der Waals surface area contributed by atoms with Crippen LogP contribution in [0.1, 0.15) is 16.8 Å². The lowest BCUT2D eigenvalue weighted by Crippen LogP contribution is -2.27. The fourth-order valence-corrected chi connectivity index (χ4v) is 2.19. The molecule has 0 aliphatic carbocycles. The van der Waals surface area contributed by atoms with Gasteiger partial charge in [-0.1, -0.05) is 12.1 Å². The zero-order valence-corrected chi connectivity index (χ0v) is 12.3. The largest absolute Gasteiger partial charge is 0.352 e. The summed E-state index contributed by atoms with van der Waals surface area (Å²) in [5, 5.41) is 6.77. The lowest BCUT2D eigenvalue weighted by molar-refractivity contribution is 0.0952. The monoisotopic (exact) mass is 335 g/mol. The van der Waals surface area contributed by atoms with E-state index in [0.29, 0.717) is 25.1 Å². The van der Waals surface area contributed by atoms with Crippen LogP contribution in [0.15, 0.2) is 51.9 Å². The van der Waals surface area contributed by atoms with Crippen LogP contribution in [0.25, 0.3) is 0 Å². The van der Waals surface area contributed by atoms with Gasteiger partial charge in [0.25, 0.3) is 11.5 Å². The molecule has 0 radical (unpaired) electrons. The molecule has 0 spiro atoms. The van der Waals surface area contributed by atoms with Gasteiger partial charge in [0.05, 0.1) is 5.56 Å².